The van der Waals surface area contributed by atoms with Crippen LogP contribution in [0.4, 0.5) is 0 Å². The molecule has 8 heteroatoms. The van der Waals surface area contributed by atoms with E-state index in [4.69, 9.17) is 20.4 Å². The molecule has 0 spiro atoms. The van der Waals surface area contributed by atoms with Crippen molar-refractivity contribution in [2.45, 2.75) is 45.3 Å². The van der Waals surface area contributed by atoms with E-state index in [1.165, 1.54) is 0 Å². The van der Waals surface area contributed by atoms with Gasteiger partial charge in [0.2, 0.25) is 5.82 Å². The van der Waals surface area contributed by atoms with Gasteiger partial charge in [-0.15, -0.1) is 15.0 Å². The number of hydrogen-bond acceptors (Lipinski definition) is 5. The monoisotopic (exact) mass is 681 g/mol. The number of hydrogen-bond donors (Lipinski definition) is 0. The molecule has 8 nitrogen and oxygen atoms in total. The molecular formula is C44H39N7O. The van der Waals surface area contributed by atoms with Crippen molar-refractivity contribution in [3.63, 3.8) is 0 Å². The number of unbranched alkanes of at least 4 members (excludes halogenated alkanes) is 1. The molecule has 0 aliphatic rings. The molecule has 5 aromatic carbocycles. The van der Waals surface area contributed by atoms with Gasteiger partial charge in [0.05, 0.1) is 11.9 Å². The maximum absolute atomic E-state index is 13.4. The minimum atomic E-state index is -0.862. The van der Waals surface area contributed by atoms with Crippen LogP contribution >= 0.6 is 0 Å². The zero-order chi connectivity index (χ0) is 35.5. The van der Waals surface area contributed by atoms with Crippen LogP contribution < -0.4 is 5.56 Å². The maximum Gasteiger partial charge on any atom is 0.276 e. The summed E-state index contributed by atoms with van der Waals surface area (Å²) in [5.41, 5.74) is 7.85. The molecule has 0 bridgehead atoms. The standard InChI is InChI=1S/C44H39N7O/c1-3-4-30-49-43(52)40-29-24-32(2)45-42(40)50(49)31-33-25-27-34(28-26-33)38-22-14-15-23-39(38)41-46-48-51(47-41)44(35-16-8-5-9-17-35,36-18-10-6-11-19-36)37-20-12-7-13-21-37/h5-29H,3-4,30-31H2,1-2H3. The molecule has 0 saturated carbocycles. The van der Waals surface area contributed by atoms with Crippen molar-refractivity contribution in [1.29, 1.82) is 0 Å². The summed E-state index contributed by atoms with van der Waals surface area (Å²) < 4.78 is 3.88. The molecule has 256 valence electrons. The first kappa shape index (κ1) is 32.8. The van der Waals surface area contributed by atoms with Gasteiger partial charge in [-0.2, -0.15) is 0 Å². The van der Waals surface area contributed by atoms with E-state index in [-0.39, 0.29) is 5.56 Å². The number of aryl methyl sites for hydroxylation is 1. The lowest BCUT2D eigenvalue weighted by atomic mass is 9.77. The molecule has 52 heavy (non-hydrogen) atoms. The normalized spacial score (nSPS) is 11.7. The molecule has 0 aliphatic carbocycles. The predicted octanol–water partition coefficient (Wildman–Crippen LogP) is 8.52. The van der Waals surface area contributed by atoms with E-state index in [2.05, 4.69) is 73.7 Å². The second-order valence-corrected chi connectivity index (χ2v) is 13.1. The Morgan fingerprint density at radius 3 is 1.81 bits per heavy atom. The molecular weight excluding hydrogens is 643 g/mol. The third-order valence-electron chi connectivity index (χ3n) is 9.79. The zero-order valence-corrected chi connectivity index (χ0v) is 29.3. The van der Waals surface area contributed by atoms with Crippen molar-refractivity contribution in [3.8, 4) is 22.5 Å². The highest BCUT2D eigenvalue weighted by Crippen LogP contribution is 2.40. The second-order valence-electron chi connectivity index (χ2n) is 13.1. The number of rotatable bonds is 11. The van der Waals surface area contributed by atoms with Gasteiger partial charge < -0.3 is 0 Å². The van der Waals surface area contributed by atoms with Crippen molar-refractivity contribution >= 4 is 11.0 Å². The topological polar surface area (TPSA) is 83.4 Å². The fourth-order valence-electron chi connectivity index (χ4n) is 7.20. The van der Waals surface area contributed by atoms with E-state index in [0.717, 1.165) is 63.1 Å². The first-order valence-electron chi connectivity index (χ1n) is 17.8. The minimum absolute atomic E-state index is 0.0119. The number of fused-ring (bicyclic) bond motifs is 1. The Labute approximate surface area is 302 Å². The molecule has 3 aromatic heterocycles. The van der Waals surface area contributed by atoms with Crippen LogP contribution in [0.1, 0.15) is 47.7 Å². The van der Waals surface area contributed by atoms with Crippen LogP contribution in [0.5, 0.6) is 0 Å². The Morgan fingerprint density at radius 1 is 0.635 bits per heavy atom. The van der Waals surface area contributed by atoms with Crippen LogP contribution in [-0.2, 0) is 18.6 Å². The van der Waals surface area contributed by atoms with Crippen LogP contribution in [0.3, 0.4) is 0 Å². The van der Waals surface area contributed by atoms with Gasteiger partial charge in [0.15, 0.2) is 11.2 Å². The summed E-state index contributed by atoms with van der Waals surface area (Å²) in [5.74, 6) is 0.534. The summed E-state index contributed by atoms with van der Waals surface area (Å²) in [5, 5.41) is 15.3. The second kappa shape index (κ2) is 14.1. The smallest absolute Gasteiger partial charge is 0.267 e. The van der Waals surface area contributed by atoms with E-state index >= 15 is 0 Å². The van der Waals surface area contributed by atoms with Crippen LogP contribution in [0, 0.1) is 6.92 Å². The average molecular weight is 682 g/mol. The van der Waals surface area contributed by atoms with Crippen LogP contribution in [0.2, 0.25) is 0 Å². The lowest BCUT2D eigenvalue weighted by molar-refractivity contribution is 0.396. The third-order valence-corrected chi connectivity index (χ3v) is 9.79. The van der Waals surface area contributed by atoms with Gasteiger partial charge in [-0.3, -0.25) is 9.48 Å². The van der Waals surface area contributed by atoms with Crippen LogP contribution in [0.15, 0.2) is 156 Å². The van der Waals surface area contributed by atoms with Crippen LogP contribution in [-0.4, -0.2) is 34.6 Å². The third kappa shape index (κ3) is 5.82. The molecule has 0 unspecified atom stereocenters. The van der Waals surface area contributed by atoms with E-state index < -0.39 is 5.54 Å². The molecule has 0 atom stereocenters. The molecule has 0 fully saturated rings. The average Bonchev–Trinajstić information content (AvgIpc) is 3.78. The number of nitrogens with zero attached hydrogens (tertiary/aromatic N) is 7. The lowest BCUT2D eigenvalue weighted by Crippen LogP contribution is -2.39. The molecule has 0 saturated heterocycles. The maximum atomic E-state index is 13.4. The highest BCUT2D eigenvalue weighted by molar-refractivity contribution is 5.80. The first-order chi connectivity index (χ1) is 25.6. The zero-order valence-electron chi connectivity index (χ0n) is 29.3. The number of tetrazole rings is 1. The van der Waals surface area contributed by atoms with Crippen molar-refractivity contribution < 1.29 is 0 Å². The fraction of sp³-hybridized carbons (Fsp3) is 0.159. The molecule has 8 aromatic rings. The Kier molecular flexibility index (Phi) is 8.87. The summed E-state index contributed by atoms with van der Waals surface area (Å²) in [4.78, 5) is 19.9. The van der Waals surface area contributed by atoms with Gasteiger partial charge >= 0.3 is 0 Å². The highest BCUT2D eigenvalue weighted by Gasteiger charge is 2.41. The Hall–Kier alpha value is -6.41. The molecule has 0 radical (unpaired) electrons. The van der Waals surface area contributed by atoms with Crippen molar-refractivity contribution in [2.75, 3.05) is 0 Å². The SMILES string of the molecule is CCCCn1c(=O)c2ccc(C)nc2n1Cc1ccc(-c2ccccc2-c2nnn(C(c3ccccc3)(c3ccccc3)c3ccccc3)n2)cc1. The first-order valence-corrected chi connectivity index (χ1v) is 17.8. The molecule has 0 aliphatic heterocycles. The van der Waals surface area contributed by atoms with Gasteiger partial charge in [0, 0.05) is 17.8 Å². The Morgan fingerprint density at radius 2 is 1.21 bits per heavy atom. The van der Waals surface area contributed by atoms with E-state index in [1.54, 1.807) is 4.80 Å². The largest absolute Gasteiger partial charge is 0.276 e. The van der Waals surface area contributed by atoms with Gasteiger partial charge in [-0.25, -0.2) is 9.67 Å². The van der Waals surface area contributed by atoms with Crippen molar-refractivity contribution in [3.05, 3.63) is 190 Å². The van der Waals surface area contributed by atoms with Crippen LogP contribution in [0.25, 0.3) is 33.5 Å². The summed E-state index contributed by atoms with van der Waals surface area (Å²) in [6, 6.07) is 51.6. The fourth-order valence-corrected chi connectivity index (χ4v) is 7.20. The number of benzene rings is 5. The lowest BCUT2D eigenvalue weighted by Gasteiger charge is -2.34. The number of aromatic nitrogens is 7. The summed E-state index contributed by atoms with van der Waals surface area (Å²) in [7, 11) is 0. The highest BCUT2D eigenvalue weighted by atomic mass is 16.1. The summed E-state index contributed by atoms with van der Waals surface area (Å²) >= 11 is 0. The predicted molar refractivity (Wildman–Crippen MR) is 206 cm³/mol. The summed E-state index contributed by atoms with van der Waals surface area (Å²) in [6.07, 6.45) is 1.93. The number of pyridine rings is 1. The summed E-state index contributed by atoms with van der Waals surface area (Å²) in [6.45, 7) is 5.29. The molecule has 8 rings (SSSR count). The van der Waals surface area contributed by atoms with Crippen molar-refractivity contribution in [2.24, 2.45) is 0 Å². The van der Waals surface area contributed by atoms with Gasteiger partial charge in [-0.1, -0.05) is 153 Å². The Balaban J connectivity index is 1.18. The quantitative estimate of drug-likeness (QED) is 0.128. The van der Waals surface area contributed by atoms with E-state index in [9.17, 15) is 4.79 Å². The van der Waals surface area contributed by atoms with Gasteiger partial charge in [0.25, 0.3) is 5.56 Å². The van der Waals surface area contributed by atoms with Gasteiger partial charge in [-0.05, 0) is 64.1 Å². The Bertz CT molecular complexity index is 2400. The molecule has 0 N–H and O–H groups in total. The van der Waals surface area contributed by atoms with E-state index in [0.29, 0.717) is 24.3 Å². The van der Waals surface area contributed by atoms with E-state index in [1.807, 2.05) is 101 Å². The molecule has 0 amide bonds. The molecule has 3 heterocycles. The van der Waals surface area contributed by atoms with Gasteiger partial charge in [0.1, 0.15) is 0 Å². The van der Waals surface area contributed by atoms with Crippen molar-refractivity contribution in [1.82, 2.24) is 34.6 Å². The minimum Gasteiger partial charge on any atom is -0.267 e.